The van der Waals surface area contributed by atoms with E-state index in [1.165, 1.54) is 11.3 Å². The molecule has 68 valence electrons. The zero-order valence-electron chi connectivity index (χ0n) is 8.23. The first-order valence-corrected chi connectivity index (χ1v) is 4.33. The quantitative estimate of drug-likeness (QED) is 0.709. The van der Waals surface area contributed by atoms with Crippen molar-refractivity contribution in [3.8, 4) is 0 Å². The molecule has 3 heteroatoms. The second kappa shape index (κ2) is 3.72. The van der Waals surface area contributed by atoms with Crippen LogP contribution in [0.1, 0.15) is 23.9 Å². The molecule has 1 atom stereocenters. The van der Waals surface area contributed by atoms with Crippen molar-refractivity contribution >= 4 is 0 Å². The third-order valence-corrected chi connectivity index (χ3v) is 2.28. The molecule has 0 aromatic carbocycles. The summed E-state index contributed by atoms with van der Waals surface area (Å²) in [6, 6.07) is 0.514. The van der Waals surface area contributed by atoms with E-state index in [4.69, 9.17) is 0 Å². The first-order valence-electron chi connectivity index (χ1n) is 4.33. The van der Waals surface area contributed by atoms with Crippen molar-refractivity contribution in [3.63, 3.8) is 0 Å². The van der Waals surface area contributed by atoms with Crippen molar-refractivity contribution in [2.24, 2.45) is 0 Å². The third kappa shape index (κ3) is 1.85. The molecule has 1 aromatic heterocycles. The van der Waals surface area contributed by atoms with E-state index in [9.17, 15) is 0 Å². The van der Waals surface area contributed by atoms with Gasteiger partial charge in [0, 0.05) is 11.7 Å². The first kappa shape index (κ1) is 9.26. The van der Waals surface area contributed by atoms with Gasteiger partial charge in [-0.05, 0) is 39.8 Å². The molecule has 1 aromatic rings. The number of aromatic nitrogens is 2. The van der Waals surface area contributed by atoms with E-state index < -0.39 is 0 Å². The Balaban J connectivity index is 2.73. The lowest BCUT2D eigenvalue weighted by molar-refractivity contribution is 0.605. The summed E-state index contributed by atoms with van der Waals surface area (Å²) >= 11 is 0. The summed E-state index contributed by atoms with van der Waals surface area (Å²) in [6.07, 6.45) is 1.05. The molecule has 0 aliphatic rings. The first-order chi connectivity index (χ1) is 5.65. The molecule has 12 heavy (non-hydrogen) atoms. The SMILES string of the molecule is CNC(C)Cc1c(C)n[nH]c1C. The molecule has 0 radical (unpaired) electrons. The predicted octanol–water partition coefficient (Wildman–Crippen LogP) is 1.18. The predicted molar refractivity (Wildman–Crippen MR) is 50.3 cm³/mol. The molecule has 0 bridgehead atoms. The lowest BCUT2D eigenvalue weighted by atomic mass is 10.1. The second-order valence-electron chi connectivity index (χ2n) is 3.31. The Bertz CT molecular complexity index is 233. The van der Waals surface area contributed by atoms with E-state index in [-0.39, 0.29) is 0 Å². The van der Waals surface area contributed by atoms with Crippen molar-refractivity contribution in [1.29, 1.82) is 0 Å². The number of hydrogen-bond acceptors (Lipinski definition) is 2. The number of nitrogens with zero attached hydrogens (tertiary/aromatic N) is 1. The van der Waals surface area contributed by atoms with Crippen LogP contribution in [0.3, 0.4) is 0 Å². The fraction of sp³-hybridized carbons (Fsp3) is 0.667. The van der Waals surface area contributed by atoms with Crippen molar-refractivity contribution < 1.29 is 0 Å². The highest BCUT2D eigenvalue weighted by atomic mass is 15.1. The highest BCUT2D eigenvalue weighted by Gasteiger charge is 2.08. The number of likely N-dealkylation sites (N-methyl/N-ethyl adjacent to an activating group) is 1. The maximum absolute atomic E-state index is 4.15. The van der Waals surface area contributed by atoms with Gasteiger partial charge in [0.1, 0.15) is 0 Å². The summed E-state index contributed by atoms with van der Waals surface area (Å²) in [7, 11) is 1.98. The summed E-state index contributed by atoms with van der Waals surface area (Å²) in [5.41, 5.74) is 3.65. The van der Waals surface area contributed by atoms with Gasteiger partial charge in [0.05, 0.1) is 5.69 Å². The maximum atomic E-state index is 4.15. The largest absolute Gasteiger partial charge is 0.317 e. The van der Waals surface area contributed by atoms with Gasteiger partial charge in [-0.3, -0.25) is 5.10 Å². The number of aryl methyl sites for hydroxylation is 2. The van der Waals surface area contributed by atoms with Gasteiger partial charge in [0.2, 0.25) is 0 Å². The molecule has 0 aliphatic heterocycles. The van der Waals surface area contributed by atoms with Crippen molar-refractivity contribution in [3.05, 3.63) is 17.0 Å². The monoisotopic (exact) mass is 167 g/mol. The number of H-pyrrole nitrogens is 1. The van der Waals surface area contributed by atoms with Gasteiger partial charge >= 0.3 is 0 Å². The normalized spacial score (nSPS) is 13.3. The Labute approximate surface area is 73.6 Å². The molecule has 1 rings (SSSR count). The van der Waals surface area contributed by atoms with Crippen LogP contribution < -0.4 is 5.32 Å². The van der Waals surface area contributed by atoms with Gasteiger partial charge in [0.15, 0.2) is 0 Å². The Morgan fingerprint density at radius 3 is 2.58 bits per heavy atom. The van der Waals surface area contributed by atoms with Crippen molar-refractivity contribution in [2.45, 2.75) is 33.2 Å². The summed E-state index contributed by atoms with van der Waals surface area (Å²) < 4.78 is 0. The summed E-state index contributed by atoms with van der Waals surface area (Å²) in [4.78, 5) is 0. The minimum absolute atomic E-state index is 0.514. The average Bonchev–Trinajstić information content (AvgIpc) is 2.35. The lowest BCUT2D eigenvalue weighted by Crippen LogP contribution is -2.23. The van der Waals surface area contributed by atoms with E-state index in [1.54, 1.807) is 0 Å². The van der Waals surface area contributed by atoms with Crippen LogP contribution in [0.25, 0.3) is 0 Å². The molecule has 2 N–H and O–H groups in total. The van der Waals surface area contributed by atoms with Crippen LogP contribution in [0.15, 0.2) is 0 Å². The van der Waals surface area contributed by atoms with Crippen LogP contribution in [-0.4, -0.2) is 23.3 Å². The van der Waals surface area contributed by atoms with E-state index in [2.05, 4.69) is 29.4 Å². The van der Waals surface area contributed by atoms with E-state index in [0.29, 0.717) is 6.04 Å². The van der Waals surface area contributed by atoms with Gasteiger partial charge in [-0.25, -0.2) is 0 Å². The second-order valence-corrected chi connectivity index (χ2v) is 3.31. The van der Waals surface area contributed by atoms with Crippen molar-refractivity contribution in [1.82, 2.24) is 15.5 Å². The maximum Gasteiger partial charge on any atom is 0.0626 e. The molecular weight excluding hydrogens is 150 g/mol. The standard InChI is InChI=1S/C9H17N3/c1-6(10-4)5-9-7(2)11-12-8(9)3/h6,10H,5H2,1-4H3,(H,11,12). The Morgan fingerprint density at radius 2 is 2.17 bits per heavy atom. The summed E-state index contributed by atoms with van der Waals surface area (Å²) in [6.45, 7) is 6.28. The molecule has 3 nitrogen and oxygen atoms in total. The fourth-order valence-corrected chi connectivity index (χ4v) is 1.28. The van der Waals surface area contributed by atoms with E-state index >= 15 is 0 Å². The van der Waals surface area contributed by atoms with Crippen LogP contribution in [0.5, 0.6) is 0 Å². The van der Waals surface area contributed by atoms with Gasteiger partial charge in [-0.2, -0.15) is 5.10 Å². The fourth-order valence-electron chi connectivity index (χ4n) is 1.28. The summed E-state index contributed by atoms with van der Waals surface area (Å²) in [5.74, 6) is 0. The Morgan fingerprint density at radius 1 is 1.50 bits per heavy atom. The molecule has 0 saturated heterocycles. The molecule has 0 fully saturated rings. The van der Waals surface area contributed by atoms with E-state index in [1.807, 2.05) is 14.0 Å². The molecule has 0 spiro atoms. The average molecular weight is 167 g/mol. The van der Waals surface area contributed by atoms with Crippen LogP contribution in [-0.2, 0) is 6.42 Å². The highest BCUT2D eigenvalue weighted by Crippen LogP contribution is 2.11. The number of aromatic amines is 1. The number of hydrogen-bond donors (Lipinski definition) is 2. The molecular formula is C9H17N3. The van der Waals surface area contributed by atoms with Crippen LogP contribution in [0, 0.1) is 13.8 Å². The lowest BCUT2D eigenvalue weighted by Gasteiger charge is -2.09. The van der Waals surface area contributed by atoms with Gasteiger partial charge in [0.25, 0.3) is 0 Å². The minimum atomic E-state index is 0.514. The zero-order valence-corrected chi connectivity index (χ0v) is 8.23. The molecule has 0 amide bonds. The Kier molecular flexibility index (Phi) is 2.87. The summed E-state index contributed by atoms with van der Waals surface area (Å²) in [5, 5.41) is 10.4. The van der Waals surface area contributed by atoms with Gasteiger partial charge < -0.3 is 5.32 Å². The van der Waals surface area contributed by atoms with Gasteiger partial charge in [-0.1, -0.05) is 0 Å². The Hall–Kier alpha value is -0.830. The zero-order chi connectivity index (χ0) is 9.14. The molecule has 1 unspecified atom stereocenters. The smallest absolute Gasteiger partial charge is 0.0626 e. The molecule has 0 aliphatic carbocycles. The van der Waals surface area contributed by atoms with Crippen molar-refractivity contribution in [2.75, 3.05) is 7.05 Å². The van der Waals surface area contributed by atoms with Gasteiger partial charge in [-0.15, -0.1) is 0 Å². The molecule has 1 heterocycles. The van der Waals surface area contributed by atoms with Crippen LogP contribution in [0.4, 0.5) is 0 Å². The minimum Gasteiger partial charge on any atom is -0.317 e. The number of rotatable bonds is 3. The topological polar surface area (TPSA) is 40.7 Å². The highest BCUT2D eigenvalue weighted by molar-refractivity contribution is 5.23. The third-order valence-electron chi connectivity index (χ3n) is 2.28. The van der Waals surface area contributed by atoms with Crippen LogP contribution in [0.2, 0.25) is 0 Å². The van der Waals surface area contributed by atoms with Crippen LogP contribution >= 0.6 is 0 Å². The van der Waals surface area contributed by atoms with E-state index in [0.717, 1.165) is 12.1 Å². The molecule has 0 saturated carbocycles. The number of nitrogens with one attached hydrogen (secondary N) is 2.